The van der Waals surface area contributed by atoms with Gasteiger partial charge in [-0.15, -0.1) is 0 Å². The molecule has 0 atom stereocenters. The van der Waals surface area contributed by atoms with Crippen LogP contribution < -0.4 is 14.9 Å². The number of hydrazone groups is 1. The van der Waals surface area contributed by atoms with Gasteiger partial charge in [-0.05, 0) is 30.3 Å². The summed E-state index contributed by atoms with van der Waals surface area (Å²) >= 11 is 0. The molecular formula is C20H18FN5O2. The van der Waals surface area contributed by atoms with Crippen molar-refractivity contribution in [1.29, 1.82) is 0 Å². The second-order valence-electron chi connectivity index (χ2n) is 6.09. The number of halogens is 1. The Balaban J connectivity index is 1.74. The van der Waals surface area contributed by atoms with Crippen molar-refractivity contribution >= 4 is 34.0 Å². The number of hydrogen-bond donors (Lipinski definition) is 1. The maximum atomic E-state index is 13.7. The van der Waals surface area contributed by atoms with Crippen LogP contribution >= 0.6 is 0 Å². The minimum Gasteiger partial charge on any atom is -0.493 e. The Bertz CT molecular complexity index is 1200. The quantitative estimate of drug-likeness (QED) is 0.423. The number of fused-ring (bicyclic) bond motifs is 3. The maximum Gasteiger partial charge on any atom is 0.174 e. The molecule has 2 aromatic heterocycles. The number of hydrogen-bond acceptors (Lipinski definition) is 6. The van der Waals surface area contributed by atoms with Gasteiger partial charge in [0, 0.05) is 18.0 Å². The molecule has 0 saturated heterocycles. The lowest BCUT2D eigenvalue weighted by molar-refractivity contribution is 0.354. The lowest BCUT2D eigenvalue weighted by Crippen LogP contribution is -2.00. The topological polar surface area (TPSA) is 73.6 Å². The predicted octanol–water partition coefficient (Wildman–Crippen LogP) is 3.72. The molecule has 7 nitrogen and oxygen atoms in total. The van der Waals surface area contributed by atoms with Gasteiger partial charge in [-0.2, -0.15) is 5.10 Å². The molecule has 28 heavy (non-hydrogen) atoms. The van der Waals surface area contributed by atoms with Crippen LogP contribution in [0.2, 0.25) is 0 Å². The van der Waals surface area contributed by atoms with Crippen molar-refractivity contribution in [3.05, 3.63) is 54.1 Å². The Morgan fingerprint density at radius 1 is 1.14 bits per heavy atom. The number of para-hydroxylation sites is 1. The molecule has 0 spiro atoms. The van der Waals surface area contributed by atoms with Crippen LogP contribution in [0.1, 0.15) is 5.56 Å². The molecule has 0 fully saturated rings. The Morgan fingerprint density at radius 3 is 2.79 bits per heavy atom. The minimum atomic E-state index is -0.309. The molecule has 0 amide bonds. The average Bonchev–Trinajstić information content (AvgIpc) is 3.00. The molecule has 0 bridgehead atoms. The molecule has 0 aliphatic heterocycles. The second kappa shape index (κ2) is 7.15. The molecule has 0 aliphatic rings. The van der Waals surface area contributed by atoms with Gasteiger partial charge >= 0.3 is 0 Å². The molecule has 2 heterocycles. The highest BCUT2D eigenvalue weighted by Crippen LogP contribution is 2.31. The van der Waals surface area contributed by atoms with Crippen LogP contribution in [0.4, 0.5) is 10.2 Å². The summed E-state index contributed by atoms with van der Waals surface area (Å²) in [7, 11) is 5.04. The van der Waals surface area contributed by atoms with E-state index in [0.29, 0.717) is 22.8 Å². The molecule has 142 valence electrons. The van der Waals surface area contributed by atoms with Gasteiger partial charge in [-0.3, -0.25) is 5.43 Å². The van der Waals surface area contributed by atoms with Gasteiger partial charge in [0.1, 0.15) is 23.2 Å². The van der Waals surface area contributed by atoms with Gasteiger partial charge in [-0.1, -0.05) is 6.07 Å². The smallest absolute Gasteiger partial charge is 0.174 e. The number of nitrogens with one attached hydrogen (secondary N) is 1. The van der Waals surface area contributed by atoms with Crippen LogP contribution in [-0.2, 0) is 7.05 Å². The number of anilines is 1. The number of ether oxygens (including phenoxy) is 2. The normalized spacial score (nSPS) is 11.4. The fraction of sp³-hybridized carbons (Fsp3) is 0.150. The van der Waals surface area contributed by atoms with Crippen molar-refractivity contribution in [2.45, 2.75) is 0 Å². The summed E-state index contributed by atoms with van der Waals surface area (Å²) in [6, 6.07) is 10.1. The molecular weight excluding hydrogens is 361 g/mol. The molecule has 0 aliphatic carbocycles. The SMILES string of the molecule is COc1cccc(C=NNc2ncnc3c4cc(F)ccc4n(C)c23)c1OC. The standard InChI is InChI=1S/C20H18FN5O2/c1-26-15-8-7-13(21)9-14(15)17-18(26)20(23-11-22-17)25-24-10-12-5-4-6-16(27-2)19(12)28-3/h4-11H,1-3H3,(H,22,23,25). The number of aromatic nitrogens is 3. The van der Waals surface area contributed by atoms with Crippen molar-refractivity contribution in [2.24, 2.45) is 12.1 Å². The summed E-state index contributed by atoms with van der Waals surface area (Å²) in [5.41, 5.74) is 5.95. The maximum absolute atomic E-state index is 13.7. The lowest BCUT2D eigenvalue weighted by atomic mass is 10.2. The summed E-state index contributed by atoms with van der Waals surface area (Å²) < 4.78 is 26.3. The van der Waals surface area contributed by atoms with E-state index in [4.69, 9.17) is 9.47 Å². The molecule has 0 saturated carbocycles. The summed E-state index contributed by atoms with van der Waals surface area (Å²) in [4.78, 5) is 8.61. The first-order valence-electron chi connectivity index (χ1n) is 8.52. The zero-order valence-corrected chi connectivity index (χ0v) is 15.6. The van der Waals surface area contributed by atoms with Crippen molar-refractivity contribution in [3.63, 3.8) is 0 Å². The molecule has 4 aromatic rings. The third-order valence-corrected chi connectivity index (χ3v) is 4.54. The van der Waals surface area contributed by atoms with E-state index >= 15 is 0 Å². The summed E-state index contributed by atoms with van der Waals surface area (Å²) in [5.74, 6) is 1.41. The molecule has 4 rings (SSSR count). The first-order chi connectivity index (χ1) is 13.6. The van der Waals surface area contributed by atoms with E-state index in [2.05, 4.69) is 20.5 Å². The molecule has 1 N–H and O–H groups in total. The average molecular weight is 379 g/mol. The van der Waals surface area contributed by atoms with Crippen LogP contribution in [0.15, 0.2) is 47.8 Å². The van der Waals surface area contributed by atoms with Crippen molar-refractivity contribution < 1.29 is 13.9 Å². The highest BCUT2D eigenvalue weighted by atomic mass is 19.1. The largest absolute Gasteiger partial charge is 0.493 e. The van der Waals surface area contributed by atoms with Crippen LogP contribution in [0.3, 0.4) is 0 Å². The molecule has 2 aromatic carbocycles. The number of benzene rings is 2. The summed E-state index contributed by atoms with van der Waals surface area (Å²) in [5, 5.41) is 5.01. The Labute approximate surface area is 160 Å². The fourth-order valence-corrected chi connectivity index (χ4v) is 3.26. The third-order valence-electron chi connectivity index (χ3n) is 4.54. The molecule has 0 radical (unpaired) electrons. The van der Waals surface area contributed by atoms with Crippen LogP contribution in [-0.4, -0.2) is 35.0 Å². The predicted molar refractivity (Wildman–Crippen MR) is 107 cm³/mol. The van der Waals surface area contributed by atoms with Gasteiger partial charge in [0.2, 0.25) is 0 Å². The second-order valence-corrected chi connectivity index (χ2v) is 6.09. The highest BCUT2D eigenvalue weighted by Gasteiger charge is 2.14. The van der Waals surface area contributed by atoms with Gasteiger partial charge in [0.05, 0.1) is 26.0 Å². The van der Waals surface area contributed by atoms with Gasteiger partial charge in [0.15, 0.2) is 17.3 Å². The number of methoxy groups -OCH3 is 2. The Morgan fingerprint density at radius 2 is 2.00 bits per heavy atom. The first kappa shape index (κ1) is 17.7. The zero-order valence-electron chi connectivity index (χ0n) is 15.6. The number of rotatable bonds is 5. The van der Waals surface area contributed by atoms with E-state index in [9.17, 15) is 4.39 Å². The van der Waals surface area contributed by atoms with Crippen LogP contribution in [0.5, 0.6) is 11.5 Å². The first-order valence-corrected chi connectivity index (χ1v) is 8.52. The van der Waals surface area contributed by atoms with E-state index in [1.165, 1.54) is 18.5 Å². The molecule has 0 unspecified atom stereocenters. The lowest BCUT2D eigenvalue weighted by Gasteiger charge is -2.09. The Kier molecular flexibility index (Phi) is 4.52. The summed E-state index contributed by atoms with van der Waals surface area (Å²) in [6.07, 6.45) is 3.05. The van der Waals surface area contributed by atoms with Crippen molar-refractivity contribution in [2.75, 3.05) is 19.6 Å². The third kappa shape index (κ3) is 2.88. The number of aryl methyl sites for hydroxylation is 1. The monoisotopic (exact) mass is 379 g/mol. The molecule has 8 heteroatoms. The zero-order chi connectivity index (χ0) is 19.7. The van der Waals surface area contributed by atoms with Crippen LogP contribution in [0, 0.1) is 5.82 Å². The van der Waals surface area contributed by atoms with E-state index in [1.807, 2.05) is 29.8 Å². The van der Waals surface area contributed by atoms with E-state index in [0.717, 1.165) is 22.0 Å². The van der Waals surface area contributed by atoms with Gasteiger partial charge < -0.3 is 14.0 Å². The minimum absolute atomic E-state index is 0.309. The van der Waals surface area contributed by atoms with Crippen molar-refractivity contribution in [3.8, 4) is 11.5 Å². The Hall–Kier alpha value is -3.68. The van der Waals surface area contributed by atoms with E-state index in [-0.39, 0.29) is 5.82 Å². The van der Waals surface area contributed by atoms with Crippen LogP contribution in [0.25, 0.3) is 21.9 Å². The van der Waals surface area contributed by atoms with Crippen molar-refractivity contribution in [1.82, 2.24) is 14.5 Å². The fourth-order valence-electron chi connectivity index (χ4n) is 3.26. The van der Waals surface area contributed by atoms with Gasteiger partial charge in [-0.25, -0.2) is 14.4 Å². The highest BCUT2D eigenvalue weighted by molar-refractivity contribution is 6.08. The van der Waals surface area contributed by atoms with Gasteiger partial charge in [0.25, 0.3) is 0 Å². The van der Waals surface area contributed by atoms with E-state index < -0.39 is 0 Å². The van der Waals surface area contributed by atoms with E-state index in [1.54, 1.807) is 26.5 Å². The summed E-state index contributed by atoms with van der Waals surface area (Å²) in [6.45, 7) is 0. The number of nitrogens with zero attached hydrogens (tertiary/aromatic N) is 4.